The summed E-state index contributed by atoms with van der Waals surface area (Å²) in [6, 6.07) is 0.662. The zero-order valence-corrected chi connectivity index (χ0v) is 18.7. The van der Waals surface area contributed by atoms with Crippen LogP contribution in [-0.2, 0) is 4.84 Å². The van der Waals surface area contributed by atoms with Gasteiger partial charge in [-0.2, -0.15) is 8.78 Å². The zero-order chi connectivity index (χ0) is 24.8. The third kappa shape index (κ3) is 4.29. The minimum absolute atomic E-state index is 0.0180. The molecular formula is C22H25F3N4O5. The van der Waals surface area contributed by atoms with Crippen molar-refractivity contribution in [2.45, 2.75) is 51.3 Å². The van der Waals surface area contributed by atoms with E-state index < -0.39 is 40.7 Å². The summed E-state index contributed by atoms with van der Waals surface area (Å²) in [5, 5.41) is 13.1. The second-order valence-electron chi connectivity index (χ2n) is 8.67. The molecule has 0 spiro atoms. The number of nitrogens with two attached hydrogens (primary N) is 1. The Balaban J connectivity index is 1.97. The van der Waals surface area contributed by atoms with Crippen molar-refractivity contribution in [1.29, 1.82) is 0 Å². The molecule has 0 radical (unpaired) electrons. The zero-order valence-electron chi connectivity index (χ0n) is 18.7. The highest BCUT2D eigenvalue weighted by Crippen LogP contribution is 2.45. The number of aromatic carboxylic acids is 1. The highest BCUT2D eigenvalue weighted by Gasteiger charge is 2.37. The Hall–Kier alpha value is -3.28. The van der Waals surface area contributed by atoms with Gasteiger partial charge in [-0.1, -0.05) is 5.16 Å². The van der Waals surface area contributed by atoms with Gasteiger partial charge in [-0.25, -0.2) is 9.18 Å². The smallest absolute Gasteiger partial charge is 0.387 e. The topological polar surface area (TPSA) is 119 Å². The highest BCUT2D eigenvalue weighted by atomic mass is 19.3. The monoisotopic (exact) mass is 482 g/mol. The van der Waals surface area contributed by atoms with E-state index in [2.05, 4.69) is 5.16 Å². The Morgan fingerprint density at radius 2 is 2.12 bits per heavy atom. The maximum absolute atomic E-state index is 15.5. The molecule has 0 amide bonds. The number of benzene rings is 1. The summed E-state index contributed by atoms with van der Waals surface area (Å²) < 4.78 is 48.8. The molecule has 3 N–H and O–H groups in total. The van der Waals surface area contributed by atoms with Gasteiger partial charge in [-0.05, 0) is 39.2 Å². The van der Waals surface area contributed by atoms with Crippen LogP contribution in [0.2, 0.25) is 0 Å². The van der Waals surface area contributed by atoms with E-state index in [1.807, 2.05) is 0 Å². The van der Waals surface area contributed by atoms with Crippen molar-refractivity contribution in [3.63, 3.8) is 0 Å². The lowest BCUT2D eigenvalue weighted by Crippen LogP contribution is -2.56. The molecule has 184 valence electrons. The molecule has 1 aliphatic carbocycles. The first kappa shape index (κ1) is 23.9. The van der Waals surface area contributed by atoms with E-state index in [4.69, 9.17) is 15.3 Å². The number of hydrogen-bond acceptors (Lipinski definition) is 7. The molecule has 2 heterocycles. The number of carbonyl (C=O) groups is 1. The van der Waals surface area contributed by atoms with Gasteiger partial charge >= 0.3 is 12.6 Å². The second kappa shape index (κ2) is 8.82. The van der Waals surface area contributed by atoms with Crippen LogP contribution >= 0.6 is 0 Å². The van der Waals surface area contributed by atoms with Crippen LogP contribution in [0.5, 0.6) is 5.75 Å². The number of carboxylic acid groups (broad SMARTS) is 1. The standard InChI is InChI=1S/C22H25F3N4O5/c1-3-33-27-15-10-28(7-6-22(15,2)26)17-14(23)8-12-16(19(17)34-21(24)25)29(11-4-5-11)9-13(18(12)30)20(31)32/h8-9,11,21H,3-7,10,26H2,1-2H3,(H,31,32)/b27-15+. The Labute approximate surface area is 192 Å². The molecule has 2 aromatic rings. The molecule has 1 aliphatic heterocycles. The molecule has 1 saturated heterocycles. The van der Waals surface area contributed by atoms with Crippen LogP contribution in [0.4, 0.5) is 18.9 Å². The highest BCUT2D eigenvalue weighted by molar-refractivity contribution is 6.00. The summed E-state index contributed by atoms with van der Waals surface area (Å²) >= 11 is 0. The first-order valence-electron chi connectivity index (χ1n) is 10.9. The number of ether oxygens (including phenoxy) is 1. The van der Waals surface area contributed by atoms with E-state index in [-0.39, 0.29) is 42.3 Å². The van der Waals surface area contributed by atoms with Crippen molar-refractivity contribution in [3.05, 3.63) is 33.9 Å². The van der Waals surface area contributed by atoms with E-state index in [1.165, 1.54) is 9.47 Å². The average Bonchev–Trinajstić information content (AvgIpc) is 3.59. The number of rotatable bonds is 7. The molecular weight excluding hydrogens is 457 g/mol. The summed E-state index contributed by atoms with van der Waals surface area (Å²) in [5.41, 5.74) is 3.95. The van der Waals surface area contributed by atoms with Gasteiger partial charge in [-0.3, -0.25) is 4.79 Å². The van der Waals surface area contributed by atoms with Crippen LogP contribution in [0.1, 0.15) is 49.5 Å². The number of alkyl halides is 2. The van der Waals surface area contributed by atoms with Crippen LogP contribution in [0.15, 0.2) is 22.2 Å². The van der Waals surface area contributed by atoms with Gasteiger partial charge < -0.3 is 29.9 Å². The van der Waals surface area contributed by atoms with Crippen LogP contribution < -0.4 is 20.8 Å². The Morgan fingerprint density at radius 3 is 2.71 bits per heavy atom. The van der Waals surface area contributed by atoms with Crippen molar-refractivity contribution in [2.75, 3.05) is 24.6 Å². The minimum Gasteiger partial charge on any atom is -0.477 e. The summed E-state index contributed by atoms with van der Waals surface area (Å²) in [7, 11) is 0. The molecule has 4 rings (SSSR count). The van der Waals surface area contributed by atoms with Gasteiger partial charge in [0.2, 0.25) is 5.43 Å². The van der Waals surface area contributed by atoms with E-state index in [0.29, 0.717) is 25.0 Å². The van der Waals surface area contributed by atoms with Gasteiger partial charge in [0.1, 0.15) is 17.9 Å². The van der Waals surface area contributed by atoms with Crippen molar-refractivity contribution < 1.29 is 32.6 Å². The normalized spacial score (nSPS) is 22.0. The summed E-state index contributed by atoms with van der Waals surface area (Å²) in [4.78, 5) is 31.0. The van der Waals surface area contributed by atoms with Crippen molar-refractivity contribution in [3.8, 4) is 5.75 Å². The first-order chi connectivity index (χ1) is 16.0. The average molecular weight is 482 g/mol. The lowest BCUT2D eigenvalue weighted by molar-refractivity contribution is -0.0488. The predicted octanol–water partition coefficient (Wildman–Crippen LogP) is 3.10. The molecule has 2 fully saturated rings. The molecule has 2 aliphatic rings. The number of anilines is 1. The number of hydrogen-bond donors (Lipinski definition) is 2. The molecule has 34 heavy (non-hydrogen) atoms. The third-order valence-corrected chi connectivity index (χ3v) is 6.10. The fourth-order valence-electron chi connectivity index (χ4n) is 4.15. The molecule has 1 aromatic carbocycles. The van der Waals surface area contributed by atoms with Crippen molar-refractivity contribution in [1.82, 2.24) is 4.57 Å². The Kier molecular flexibility index (Phi) is 6.19. The van der Waals surface area contributed by atoms with Gasteiger partial charge in [0.05, 0.1) is 28.7 Å². The Morgan fingerprint density at radius 1 is 1.41 bits per heavy atom. The van der Waals surface area contributed by atoms with E-state index in [1.54, 1.807) is 13.8 Å². The van der Waals surface area contributed by atoms with Crippen molar-refractivity contribution >= 4 is 28.3 Å². The van der Waals surface area contributed by atoms with Crippen LogP contribution in [0.3, 0.4) is 0 Å². The first-order valence-corrected chi connectivity index (χ1v) is 10.9. The fraction of sp³-hybridized carbons (Fsp3) is 0.500. The largest absolute Gasteiger partial charge is 0.477 e. The van der Waals surface area contributed by atoms with E-state index >= 15 is 4.39 Å². The maximum atomic E-state index is 15.5. The molecule has 1 saturated carbocycles. The number of aromatic nitrogens is 1. The quantitative estimate of drug-likeness (QED) is 0.582. The Bertz CT molecular complexity index is 1220. The number of pyridine rings is 1. The molecule has 12 heteroatoms. The lowest BCUT2D eigenvalue weighted by Gasteiger charge is -2.39. The predicted molar refractivity (Wildman–Crippen MR) is 119 cm³/mol. The fourth-order valence-corrected chi connectivity index (χ4v) is 4.15. The number of nitrogens with zero attached hydrogens (tertiary/aromatic N) is 3. The third-order valence-electron chi connectivity index (χ3n) is 6.10. The van der Waals surface area contributed by atoms with Gasteiger partial charge in [-0.15, -0.1) is 0 Å². The van der Waals surface area contributed by atoms with Gasteiger partial charge in [0.15, 0.2) is 11.6 Å². The summed E-state index contributed by atoms with van der Waals surface area (Å²) in [6.45, 7) is 0.624. The number of fused-ring (bicyclic) bond motifs is 1. The molecule has 0 bridgehead atoms. The lowest BCUT2D eigenvalue weighted by atomic mass is 9.88. The molecule has 9 nitrogen and oxygen atoms in total. The van der Waals surface area contributed by atoms with Gasteiger partial charge in [0.25, 0.3) is 0 Å². The SMILES string of the molecule is CCO/N=C1\CN(c2c(F)cc3c(=O)c(C(=O)O)cn(C4CC4)c3c2OC(F)F)CCC1(C)N. The summed E-state index contributed by atoms with van der Waals surface area (Å²) in [6.07, 6.45) is 2.73. The molecule has 1 unspecified atom stereocenters. The maximum Gasteiger partial charge on any atom is 0.387 e. The van der Waals surface area contributed by atoms with Gasteiger partial charge in [0, 0.05) is 18.8 Å². The number of oxime groups is 1. The summed E-state index contributed by atoms with van der Waals surface area (Å²) in [5.74, 6) is -3.01. The minimum atomic E-state index is -3.31. The van der Waals surface area contributed by atoms with Crippen LogP contribution in [0, 0.1) is 5.82 Å². The van der Waals surface area contributed by atoms with E-state index in [0.717, 1.165) is 12.3 Å². The molecule has 1 aromatic heterocycles. The molecule has 1 atom stereocenters. The second-order valence-corrected chi connectivity index (χ2v) is 8.67. The number of carboxylic acids is 1. The van der Waals surface area contributed by atoms with Crippen LogP contribution in [-0.4, -0.2) is 53.2 Å². The van der Waals surface area contributed by atoms with Crippen molar-refractivity contribution in [2.24, 2.45) is 10.9 Å². The number of halogens is 3. The van der Waals surface area contributed by atoms with E-state index in [9.17, 15) is 23.5 Å². The van der Waals surface area contributed by atoms with Crippen LogP contribution in [0.25, 0.3) is 10.9 Å². The number of piperidine rings is 1.